The number of hydrogen-bond acceptors (Lipinski definition) is 6. The Bertz CT molecular complexity index is 645. The van der Waals surface area contributed by atoms with Crippen LogP contribution in [0, 0.1) is 0 Å². The maximum atomic E-state index is 12.6. The first-order chi connectivity index (χ1) is 13.7. The number of thioether (sulfide) groups is 1. The van der Waals surface area contributed by atoms with Gasteiger partial charge in [0.1, 0.15) is 0 Å². The van der Waals surface area contributed by atoms with E-state index in [0.717, 1.165) is 36.7 Å². The van der Waals surface area contributed by atoms with Crippen LogP contribution in [0.3, 0.4) is 0 Å². The van der Waals surface area contributed by atoms with Crippen LogP contribution in [0.25, 0.3) is 0 Å². The van der Waals surface area contributed by atoms with Crippen LogP contribution in [0.4, 0.5) is 0 Å². The molecule has 1 atom stereocenters. The van der Waals surface area contributed by atoms with Gasteiger partial charge in [-0.15, -0.1) is 11.8 Å². The van der Waals surface area contributed by atoms with Gasteiger partial charge in [-0.2, -0.15) is 0 Å². The van der Waals surface area contributed by atoms with Crippen LogP contribution < -0.4 is 14.2 Å². The molecule has 1 aromatic carbocycles. The summed E-state index contributed by atoms with van der Waals surface area (Å²) in [5, 5.41) is 0. The van der Waals surface area contributed by atoms with Crippen LogP contribution in [-0.4, -0.2) is 75.0 Å². The third kappa shape index (κ3) is 5.06. The van der Waals surface area contributed by atoms with Gasteiger partial charge in [-0.3, -0.25) is 9.69 Å². The van der Waals surface area contributed by atoms with Gasteiger partial charge in [-0.1, -0.05) is 6.42 Å². The lowest BCUT2D eigenvalue weighted by atomic mass is 9.99. The fourth-order valence-electron chi connectivity index (χ4n) is 4.09. The van der Waals surface area contributed by atoms with Gasteiger partial charge in [0.15, 0.2) is 11.5 Å². The van der Waals surface area contributed by atoms with Gasteiger partial charge in [0, 0.05) is 37.0 Å². The van der Waals surface area contributed by atoms with E-state index in [4.69, 9.17) is 14.2 Å². The molecule has 1 amide bonds. The Morgan fingerprint density at radius 2 is 1.82 bits per heavy atom. The lowest BCUT2D eigenvalue weighted by Crippen LogP contribution is -2.56. The van der Waals surface area contributed by atoms with Gasteiger partial charge in [-0.25, -0.2) is 0 Å². The third-order valence-corrected chi connectivity index (χ3v) is 6.69. The SMILES string of the molecule is COc1cc(SCCCC(=O)N2CCN3CCCCC3C2)cc(OC)c1OC. The molecule has 1 unspecified atom stereocenters. The Morgan fingerprint density at radius 1 is 1.07 bits per heavy atom. The molecule has 2 fully saturated rings. The third-order valence-electron chi connectivity index (χ3n) is 5.63. The van der Waals surface area contributed by atoms with Crippen molar-refractivity contribution in [2.75, 3.05) is 53.3 Å². The van der Waals surface area contributed by atoms with Crippen molar-refractivity contribution in [3.8, 4) is 17.2 Å². The minimum absolute atomic E-state index is 0.302. The first-order valence-corrected chi connectivity index (χ1v) is 11.1. The molecule has 0 aliphatic carbocycles. The molecular weight excluding hydrogens is 376 g/mol. The van der Waals surface area contributed by atoms with E-state index in [1.54, 1.807) is 33.1 Å². The molecule has 0 aromatic heterocycles. The highest BCUT2D eigenvalue weighted by atomic mass is 32.2. The van der Waals surface area contributed by atoms with Crippen molar-refractivity contribution < 1.29 is 19.0 Å². The van der Waals surface area contributed by atoms with Crippen LogP contribution in [0.15, 0.2) is 17.0 Å². The number of amides is 1. The van der Waals surface area contributed by atoms with Crippen molar-refractivity contribution in [3.05, 3.63) is 12.1 Å². The molecule has 0 saturated carbocycles. The first kappa shape index (κ1) is 21.1. The highest BCUT2D eigenvalue weighted by Gasteiger charge is 2.30. The molecule has 2 aliphatic heterocycles. The van der Waals surface area contributed by atoms with E-state index in [1.807, 2.05) is 12.1 Å². The highest BCUT2D eigenvalue weighted by Crippen LogP contribution is 2.41. The molecule has 28 heavy (non-hydrogen) atoms. The summed E-state index contributed by atoms with van der Waals surface area (Å²) in [7, 11) is 4.85. The van der Waals surface area contributed by atoms with Gasteiger partial charge < -0.3 is 19.1 Å². The normalized spacial score (nSPS) is 19.8. The smallest absolute Gasteiger partial charge is 0.222 e. The van der Waals surface area contributed by atoms with Gasteiger partial charge in [-0.05, 0) is 43.7 Å². The second-order valence-corrected chi connectivity index (χ2v) is 8.51. The second-order valence-electron chi connectivity index (χ2n) is 7.34. The molecule has 1 aromatic rings. The average molecular weight is 409 g/mol. The molecular formula is C21H32N2O4S. The number of benzene rings is 1. The van der Waals surface area contributed by atoms with E-state index >= 15 is 0 Å². The topological polar surface area (TPSA) is 51.2 Å². The number of rotatable bonds is 8. The number of carbonyl (C=O) groups is 1. The number of carbonyl (C=O) groups excluding carboxylic acids is 1. The lowest BCUT2D eigenvalue weighted by molar-refractivity contribution is -0.134. The number of methoxy groups -OCH3 is 3. The van der Waals surface area contributed by atoms with Crippen molar-refractivity contribution >= 4 is 17.7 Å². The zero-order chi connectivity index (χ0) is 19.9. The fraction of sp³-hybridized carbons (Fsp3) is 0.667. The minimum atomic E-state index is 0.302. The Balaban J connectivity index is 1.46. The van der Waals surface area contributed by atoms with Gasteiger partial charge in [0.05, 0.1) is 21.3 Å². The van der Waals surface area contributed by atoms with Crippen molar-refractivity contribution in [1.29, 1.82) is 0 Å². The molecule has 3 rings (SSSR count). The summed E-state index contributed by atoms with van der Waals surface area (Å²) < 4.78 is 16.2. The predicted octanol–water partition coefficient (Wildman–Crippen LogP) is 3.28. The molecule has 156 valence electrons. The molecule has 2 aliphatic rings. The van der Waals surface area contributed by atoms with Crippen molar-refractivity contribution in [2.45, 2.75) is 43.0 Å². The second kappa shape index (κ2) is 10.3. The molecule has 0 N–H and O–H groups in total. The van der Waals surface area contributed by atoms with Crippen LogP contribution in [0.5, 0.6) is 17.2 Å². The Morgan fingerprint density at radius 3 is 2.50 bits per heavy atom. The van der Waals surface area contributed by atoms with Gasteiger partial charge in [0.25, 0.3) is 0 Å². The average Bonchev–Trinajstić information content (AvgIpc) is 2.75. The van der Waals surface area contributed by atoms with Crippen molar-refractivity contribution in [3.63, 3.8) is 0 Å². The largest absolute Gasteiger partial charge is 0.493 e. The zero-order valence-electron chi connectivity index (χ0n) is 17.2. The first-order valence-electron chi connectivity index (χ1n) is 10.1. The fourth-order valence-corrected chi connectivity index (χ4v) is 5.00. The quantitative estimate of drug-likeness (QED) is 0.486. The summed E-state index contributed by atoms with van der Waals surface area (Å²) in [6.07, 6.45) is 5.33. The monoisotopic (exact) mass is 408 g/mol. The molecule has 2 saturated heterocycles. The number of nitrogens with zero attached hydrogens (tertiary/aromatic N) is 2. The number of ether oxygens (including phenoxy) is 3. The standard InChI is InChI=1S/C21H32N2O4S/c1-25-18-13-17(14-19(26-2)21(18)27-3)28-12-6-8-20(24)23-11-10-22-9-5-4-7-16(22)15-23/h13-14,16H,4-12,15H2,1-3H3. The van der Waals surface area contributed by atoms with Gasteiger partial charge in [0.2, 0.25) is 11.7 Å². The molecule has 0 spiro atoms. The Labute approximate surface area is 172 Å². The molecule has 2 heterocycles. The molecule has 7 heteroatoms. The summed E-state index contributed by atoms with van der Waals surface area (Å²) in [5.74, 6) is 3.10. The van der Waals surface area contributed by atoms with Crippen LogP contribution in [-0.2, 0) is 4.79 Å². The van der Waals surface area contributed by atoms with Crippen LogP contribution in [0.1, 0.15) is 32.1 Å². The van der Waals surface area contributed by atoms with Gasteiger partial charge >= 0.3 is 0 Å². The summed E-state index contributed by atoms with van der Waals surface area (Å²) in [4.78, 5) is 18.3. The van der Waals surface area contributed by atoms with E-state index < -0.39 is 0 Å². The Hall–Kier alpha value is -1.60. The summed E-state index contributed by atoms with van der Waals surface area (Å²) >= 11 is 1.71. The summed E-state index contributed by atoms with van der Waals surface area (Å²) in [5.41, 5.74) is 0. The predicted molar refractivity (Wildman–Crippen MR) is 112 cm³/mol. The molecule has 6 nitrogen and oxygen atoms in total. The van der Waals surface area contributed by atoms with E-state index in [-0.39, 0.29) is 0 Å². The number of piperidine rings is 1. The van der Waals surface area contributed by atoms with E-state index in [2.05, 4.69) is 9.80 Å². The maximum absolute atomic E-state index is 12.6. The molecule has 0 radical (unpaired) electrons. The van der Waals surface area contributed by atoms with E-state index in [1.165, 1.54) is 25.8 Å². The number of piperazine rings is 1. The maximum Gasteiger partial charge on any atom is 0.222 e. The van der Waals surface area contributed by atoms with E-state index in [9.17, 15) is 4.79 Å². The Kier molecular flexibility index (Phi) is 7.73. The number of fused-ring (bicyclic) bond motifs is 1. The summed E-state index contributed by atoms with van der Waals surface area (Å²) in [6.45, 7) is 4.04. The number of hydrogen-bond donors (Lipinski definition) is 0. The summed E-state index contributed by atoms with van der Waals surface area (Å²) in [6, 6.07) is 4.49. The minimum Gasteiger partial charge on any atom is -0.493 e. The van der Waals surface area contributed by atoms with Crippen LogP contribution >= 0.6 is 11.8 Å². The van der Waals surface area contributed by atoms with E-state index in [0.29, 0.717) is 35.6 Å². The zero-order valence-corrected chi connectivity index (χ0v) is 18.1. The highest BCUT2D eigenvalue weighted by molar-refractivity contribution is 7.99. The van der Waals surface area contributed by atoms with Crippen molar-refractivity contribution in [2.24, 2.45) is 0 Å². The lowest BCUT2D eigenvalue weighted by Gasteiger charge is -2.44. The molecule has 0 bridgehead atoms. The van der Waals surface area contributed by atoms with Crippen LogP contribution in [0.2, 0.25) is 0 Å². The van der Waals surface area contributed by atoms with Crippen molar-refractivity contribution in [1.82, 2.24) is 9.80 Å².